The van der Waals surface area contributed by atoms with Gasteiger partial charge in [0.15, 0.2) is 0 Å². The van der Waals surface area contributed by atoms with E-state index in [1.165, 1.54) is 5.56 Å². The molecule has 0 aliphatic carbocycles. The Hall–Kier alpha value is -2.37. The summed E-state index contributed by atoms with van der Waals surface area (Å²) in [6, 6.07) is 15.3. The molecule has 2 aromatic carbocycles. The molecule has 5 nitrogen and oxygen atoms in total. The quantitative estimate of drug-likeness (QED) is 0.800. The van der Waals surface area contributed by atoms with E-state index in [1.807, 2.05) is 24.3 Å². The highest BCUT2D eigenvalue weighted by Crippen LogP contribution is 2.15. The molecule has 1 aliphatic heterocycles. The summed E-state index contributed by atoms with van der Waals surface area (Å²) in [5, 5.41) is 2.95. The van der Waals surface area contributed by atoms with Gasteiger partial charge in [-0.3, -0.25) is 4.79 Å². The van der Waals surface area contributed by atoms with Gasteiger partial charge < -0.3 is 19.7 Å². The number of morpholine rings is 1. The SMILES string of the molecule is CCCOc1ccc(C(=O)Nc2ccc(C[NH+]3CCOCC3)cc2)cc1. The lowest BCUT2D eigenvalue weighted by Gasteiger charge is -2.23. The Labute approximate surface area is 154 Å². The molecule has 1 heterocycles. The molecule has 2 N–H and O–H groups in total. The van der Waals surface area contributed by atoms with Gasteiger partial charge in [0.2, 0.25) is 0 Å². The first-order valence-electron chi connectivity index (χ1n) is 9.29. The lowest BCUT2D eigenvalue weighted by molar-refractivity contribution is -0.921. The Kier molecular flexibility index (Phi) is 6.63. The number of amides is 1. The first-order chi connectivity index (χ1) is 12.7. The van der Waals surface area contributed by atoms with E-state index in [-0.39, 0.29) is 5.91 Å². The average molecular weight is 355 g/mol. The Bertz CT molecular complexity index is 692. The van der Waals surface area contributed by atoms with Crippen molar-refractivity contribution in [2.45, 2.75) is 19.9 Å². The molecule has 0 radical (unpaired) electrons. The van der Waals surface area contributed by atoms with Gasteiger partial charge >= 0.3 is 0 Å². The molecule has 0 atom stereocenters. The Balaban J connectivity index is 1.53. The van der Waals surface area contributed by atoms with Gasteiger partial charge in [0.1, 0.15) is 25.4 Å². The molecule has 138 valence electrons. The molecular weight excluding hydrogens is 328 g/mol. The highest BCUT2D eigenvalue weighted by molar-refractivity contribution is 6.04. The van der Waals surface area contributed by atoms with E-state index in [1.54, 1.807) is 17.0 Å². The predicted molar refractivity (Wildman–Crippen MR) is 102 cm³/mol. The summed E-state index contributed by atoms with van der Waals surface area (Å²) in [4.78, 5) is 13.9. The molecular formula is C21H27N2O3+. The van der Waals surface area contributed by atoms with Crippen LogP contribution in [0.2, 0.25) is 0 Å². The standard InChI is InChI=1S/C21H26N2O3/c1-2-13-26-20-9-5-18(6-10-20)21(24)22-19-7-3-17(4-8-19)16-23-11-14-25-15-12-23/h3-10H,2,11-16H2,1H3,(H,22,24)/p+1. The fourth-order valence-electron chi connectivity index (χ4n) is 2.96. The van der Waals surface area contributed by atoms with Crippen LogP contribution in [-0.2, 0) is 11.3 Å². The van der Waals surface area contributed by atoms with Gasteiger partial charge in [-0.15, -0.1) is 0 Å². The van der Waals surface area contributed by atoms with Crippen molar-refractivity contribution >= 4 is 11.6 Å². The van der Waals surface area contributed by atoms with Crippen LogP contribution in [0.3, 0.4) is 0 Å². The number of hydrogen-bond donors (Lipinski definition) is 2. The van der Waals surface area contributed by atoms with Crippen LogP contribution >= 0.6 is 0 Å². The van der Waals surface area contributed by atoms with E-state index < -0.39 is 0 Å². The number of nitrogens with one attached hydrogen (secondary N) is 2. The van der Waals surface area contributed by atoms with E-state index in [0.717, 1.165) is 50.7 Å². The van der Waals surface area contributed by atoms with E-state index in [2.05, 4.69) is 24.4 Å². The number of carbonyl (C=O) groups excluding carboxylic acids is 1. The van der Waals surface area contributed by atoms with Gasteiger partial charge in [-0.05, 0) is 42.8 Å². The smallest absolute Gasteiger partial charge is 0.255 e. The molecule has 3 rings (SSSR count). The monoisotopic (exact) mass is 355 g/mol. The summed E-state index contributed by atoms with van der Waals surface area (Å²) >= 11 is 0. The van der Waals surface area contributed by atoms with Crippen molar-refractivity contribution in [3.8, 4) is 5.75 Å². The molecule has 26 heavy (non-hydrogen) atoms. The van der Waals surface area contributed by atoms with Crippen LogP contribution < -0.4 is 15.0 Å². The summed E-state index contributed by atoms with van der Waals surface area (Å²) in [6.45, 7) is 7.53. The molecule has 0 bridgehead atoms. The number of benzene rings is 2. The van der Waals surface area contributed by atoms with Crippen LogP contribution in [0.1, 0.15) is 29.3 Å². The number of ether oxygens (including phenoxy) is 2. The number of hydrogen-bond acceptors (Lipinski definition) is 3. The molecule has 1 amide bonds. The van der Waals surface area contributed by atoms with Crippen LogP contribution in [0.4, 0.5) is 5.69 Å². The zero-order valence-electron chi connectivity index (χ0n) is 15.3. The van der Waals surface area contributed by atoms with Crippen LogP contribution in [-0.4, -0.2) is 38.8 Å². The van der Waals surface area contributed by atoms with E-state index in [4.69, 9.17) is 9.47 Å². The topological polar surface area (TPSA) is 52.0 Å². The molecule has 1 saturated heterocycles. The lowest BCUT2D eigenvalue weighted by atomic mass is 10.1. The van der Waals surface area contributed by atoms with Crippen LogP contribution in [0.15, 0.2) is 48.5 Å². The highest BCUT2D eigenvalue weighted by Gasteiger charge is 2.14. The van der Waals surface area contributed by atoms with Crippen LogP contribution in [0.5, 0.6) is 5.75 Å². The van der Waals surface area contributed by atoms with Crippen molar-refractivity contribution in [3.05, 3.63) is 59.7 Å². The van der Waals surface area contributed by atoms with Gasteiger partial charge in [-0.25, -0.2) is 0 Å². The molecule has 0 aromatic heterocycles. The van der Waals surface area contributed by atoms with Gasteiger partial charge in [0.25, 0.3) is 5.91 Å². The van der Waals surface area contributed by atoms with Crippen molar-refractivity contribution < 1.29 is 19.2 Å². The second kappa shape index (κ2) is 9.36. The molecule has 1 fully saturated rings. The Morgan fingerprint density at radius 2 is 1.77 bits per heavy atom. The highest BCUT2D eigenvalue weighted by atomic mass is 16.5. The zero-order chi connectivity index (χ0) is 18.2. The molecule has 2 aromatic rings. The Morgan fingerprint density at radius 3 is 2.42 bits per heavy atom. The molecule has 0 saturated carbocycles. The second-order valence-corrected chi connectivity index (χ2v) is 6.56. The van der Waals surface area contributed by atoms with Crippen molar-refractivity contribution in [3.63, 3.8) is 0 Å². The van der Waals surface area contributed by atoms with E-state index in [0.29, 0.717) is 12.2 Å². The fourth-order valence-corrected chi connectivity index (χ4v) is 2.96. The third-order valence-corrected chi connectivity index (χ3v) is 4.46. The number of rotatable bonds is 7. The maximum absolute atomic E-state index is 12.4. The molecule has 0 unspecified atom stereocenters. The summed E-state index contributed by atoms with van der Waals surface area (Å²) < 4.78 is 10.9. The fraction of sp³-hybridized carbons (Fsp3) is 0.381. The van der Waals surface area contributed by atoms with Gasteiger partial charge in [-0.1, -0.05) is 19.1 Å². The van der Waals surface area contributed by atoms with Crippen LogP contribution in [0, 0.1) is 0 Å². The van der Waals surface area contributed by atoms with Crippen molar-refractivity contribution in [1.82, 2.24) is 0 Å². The summed E-state index contributed by atoms with van der Waals surface area (Å²) in [7, 11) is 0. The number of quaternary nitrogens is 1. The van der Waals surface area contributed by atoms with E-state index in [9.17, 15) is 4.79 Å². The predicted octanol–water partition coefficient (Wildman–Crippen LogP) is 2.14. The van der Waals surface area contributed by atoms with Gasteiger partial charge in [0, 0.05) is 16.8 Å². The summed E-state index contributed by atoms with van der Waals surface area (Å²) in [6.07, 6.45) is 0.964. The number of carbonyl (C=O) groups is 1. The van der Waals surface area contributed by atoms with E-state index >= 15 is 0 Å². The number of anilines is 1. The minimum atomic E-state index is -0.112. The van der Waals surface area contributed by atoms with Crippen LogP contribution in [0.25, 0.3) is 0 Å². The Morgan fingerprint density at radius 1 is 1.08 bits per heavy atom. The molecule has 1 aliphatic rings. The maximum atomic E-state index is 12.4. The van der Waals surface area contributed by atoms with Crippen molar-refractivity contribution in [2.75, 3.05) is 38.2 Å². The minimum absolute atomic E-state index is 0.112. The summed E-state index contributed by atoms with van der Waals surface area (Å²) in [5.41, 5.74) is 2.70. The minimum Gasteiger partial charge on any atom is -0.494 e. The normalized spacial score (nSPS) is 14.8. The summed E-state index contributed by atoms with van der Waals surface area (Å²) in [5.74, 6) is 0.678. The zero-order valence-corrected chi connectivity index (χ0v) is 15.3. The van der Waals surface area contributed by atoms with Crippen molar-refractivity contribution in [2.24, 2.45) is 0 Å². The first kappa shape index (κ1) is 18.4. The lowest BCUT2D eigenvalue weighted by Crippen LogP contribution is -3.12. The van der Waals surface area contributed by atoms with Gasteiger partial charge in [-0.2, -0.15) is 0 Å². The first-order valence-corrected chi connectivity index (χ1v) is 9.29. The largest absolute Gasteiger partial charge is 0.494 e. The molecule has 5 heteroatoms. The average Bonchev–Trinajstić information content (AvgIpc) is 2.69. The third-order valence-electron chi connectivity index (χ3n) is 4.46. The third kappa shape index (κ3) is 5.31. The van der Waals surface area contributed by atoms with Crippen molar-refractivity contribution in [1.29, 1.82) is 0 Å². The van der Waals surface area contributed by atoms with Gasteiger partial charge in [0.05, 0.1) is 19.8 Å². The maximum Gasteiger partial charge on any atom is 0.255 e. The molecule has 0 spiro atoms. The second-order valence-electron chi connectivity index (χ2n) is 6.56.